The van der Waals surface area contributed by atoms with Crippen LogP contribution in [0.2, 0.25) is 0 Å². The van der Waals surface area contributed by atoms with Gasteiger partial charge in [0, 0.05) is 28.2 Å². The first-order chi connectivity index (χ1) is 11.7. The summed E-state index contributed by atoms with van der Waals surface area (Å²) in [6.07, 6.45) is 3.82. The third-order valence-corrected chi connectivity index (χ3v) is 4.66. The van der Waals surface area contributed by atoms with Crippen LogP contribution in [0, 0.1) is 6.92 Å². The Morgan fingerprint density at radius 1 is 1.00 bits per heavy atom. The largest absolute Gasteiger partial charge is 0.496 e. The Bertz CT molecular complexity index is 819. The molecule has 1 heterocycles. The molecule has 24 heavy (non-hydrogen) atoms. The predicted octanol–water partition coefficient (Wildman–Crippen LogP) is 3.98. The molecule has 3 rings (SSSR count). The van der Waals surface area contributed by atoms with E-state index in [4.69, 9.17) is 9.47 Å². The quantitative estimate of drug-likeness (QED) is 0.657. The molecule has 0 unspecified atom stereocenters. The molecule has 0 amide bonds. The molecule has 0 atom stereocenters. The van der Waals surface area contributed by atoms with Gasteiger partial charge in [0.1, 0.15) is 11.5 Å². The fraction of sp³-hybridized carbons (Fsp3) is 0.222. The SMILES string of the molecule is COc1cc(-n2nncc2-c2ccc(SC)cc2)cc(OC)c1C. The second-order valence-corrected chi connectivity index (χ2v) is 6.11. The van der Waals surface area contributed by atoms with Gasteiger partial charge in [-0.3, -0.25) is 0 Å². The molecular formula is C18H19N3O2S. The summed E-state index contributed by atoms with van der Waals surface area (Å²) in [5.74, 6) is 1.51. The Labute approximate surface area is 145 Å². The van der Waals surface area contributed by atoms with Crippen LogP contribution < -0.4 is 9.47 Å². The molecule has 0 radical (unpaired) electrons. The molecule has 0 N–H and O–H groups in total. The van der Waals surface area contributed by atoms with Gasteiger partial charge < -0.3 is 9.47 Å². The van der Waals surface area contributed by atoms with Crippen LogP contribution in [0.5, 0.6) is 11.5 Å². The molecule has 0 saturated heterocycles. The molecule has 2 aromatic carbocycles. The van der Waals surface area contributed by atoms with E-state index < -0.39 is 0 Å². The lowest BCUT2D eigenvalue weighted by molar-refractivity contribution is 0.388. The van der Waals surface area contributed by atoms with Crippen LogP contribution in [0.1, 0.15) is 5.56 Å². The zero-order chi connectivity index (χ0) is 17.1. The van der Waals surface area contributed by atoms with Crippen molar-refractivity contribution in [3.8, 4) is 28.4 Å². The van der Waals surface area contributed by atoms with E-state index in [1.54, 1.807) is 36.9 Å². The molecule has 0 bridgehead atoms. The van der Waals surface area contributed by atoms with E-state index in [1.165, 1.54) is 4.90 Å². The van der Waals surface area contributed by atoms with Gasteiger partial charge in [0.15, 0.2) is 0 Å². The summed E-state index contributed by atoms with van der Waals surface area (Å²) >= 11 is 1.72. The summed E-state index contributed by atoms with van der Waals surface area (Å²) in [6, 6.07) is 12.2. The van der Waals surface area contributed by atoms with E-state index in [0.717, 1.165) is 34.0 Å². The maximum absolute atomic E-state index is 5.46. The minimum atomic E-state index is 0.753. The van der Waals surface area contributed by atoms with E-state index in [2.05, 4.69) is 40.8 Å². The highest BCUT2D eigenvalue weighted by Gasteiger charge is 2.14. The lowest BCUT2D eigenvalue weighted by Gasteiger charge is -2.14. The van der Waals surface area contributed by atoms with Gasteiger partial charge in [-0.2, -0.15) is 0 Å². The Morgan fingerprint density at radius 2 is 1.62 bits per heavy atom. The summed E-state index contributed by atoms with van der Waals surface area (Å²) in [5, 5.41) is 8.31. The number of ether oxygens (including phenoxy) is 2. The number of hydrogen-bond donors (Lipinski definition) is 0. The Balaban J connectivity index is 2.10. The van der Waals surface area contributed by atoms with Gasteiger partial charge in [-0.25, -0.2) is 4.68 Å². The van der Waals surface area contributed by atoms with Crippen molar-refractivity contribution in [2.45, 2.75) is 11.8 Å². The van der Waals surface area contributed by atoms with Crippen molar-refractivity contribution < 1.29 is 9.47 Å². The highest BCUT2D eigenvalue weighted by Crippen LogP contribution is 2.32. The number of thioether (sulfide) groups is 1. The highest BCUT2D eigenvalue weighted by atomic mass is 32.2. The third-order valence-electron chi connectivity index (χ3n) is 3.92. The van der Waals surface area contributed by atoms with Crippen molar-refractivity contribution in [2.24, 2.45) is 0 Å². The van der Waals surface area contributed by atoms with Crippen LogP contribution in [0.25, 0.3) is 16.9 Å². The summed E-state index contributed by atoms with van der Waals surface area (Å²) < 4.78 is 12.7. The maximum atomic E-state index is 5.46. The lowest BCUT2D eigenvalue weighted by atomic mass is 10.1. The van der Waals surface area contributed by atoms with Crippen LogP contribution in [0.3, 0.4) is 0 Å². The Kier molecular flexibility index (Phi) is 4.76. The molecule has 0 spiro atoms. The van der Waals surface area contributed by atoms with Crippen LogP contribution in [0.4, 0.5) is 0 Å². The number of methoxy groups -OCH3 is 2. The lowest BCUT2D eigenvalue weighted by Crippen LogP contribution is -2.02. The molecule has 124 valence electrons. The Morgan fingerprint density at radius 3 is 2.17 bits per heavy atom. The number of benzene rings is 2. The summed E-state index contributed by atoms with van der Waals surface area (Å²) in [6.45, 7) is 1.96. The van der Waals surface area contributed by atoms with Crippen molar-refractivity contribution in [1.29, 1.82) is 0 Å². The van der Waals surface area contributed by atoms with Crippen molar-refractivity contribution in [3.63, 3.8) is 0 Å². The van der Waals surface area contributed by atoms with E-state index in [-0.39, 0.29) is 0 Å². The second-order valence-electron chi connectivity index (χ2n) is 5.23. The van der Waals surface area contributed by atoms with Gasteiger partial charge in [-0.15, -0.1) is 16.9 Å². The van der Waals surface area contributed by atoms with Gasteiger partial charge in [-0.1, -0.05) is 17.3 Å². The normalized spacial score (nSPS) is 10.7. The van der Waals surface area contributed by atoms with Gasteiger partial charge in [0.25, 0.3) is 0 Å². The zero-order valence-corrected chi connectivity index (χ0v) is 14.9. The van der Waals surface area contributed by atoms with Crippen molar-refractivity contribution in [1.82, 2.24) is 15.0 Å². The van der Waals surface area contributed by atoms with Crippen molar-refractivity contribution in [2.75, 3.05) is 20.5 Å². The third kappa shape index (κ3) is 2.97. The fourth-order valence-electron chi connectivity index (χ4n) is 2.58. The number of rotatable bonds is 5. The van der Waals surface area contributed by atoms with Gasteiger partial charge in [0.05, 0.1) is 31.8 Å². The van der Waals surface area contributed by atoms with Crippen LogP contribution in [0.15, 0.2) is 47.5 Å². The molecule has 0 fully saturated rings. The van der Waals surface area contributed by atoms with Crippen molar-refractivity contribution >= 4 is 11.8 Å². The van der Waals surface area contributed by atoms with E-state index in [0.29, 0.717) is 0 Å². The number of hydrogen-bond acceptors (Lipinski definition) is 5. The molecule has 5 nitrogen and oxygen atoms in total. The van der Waals surface area contributed by atoms with Crippen LogP contribution >= 0.6 is 11.8 Å². The smallest absolute Gasteiger partial charge is 0.127 e. The van der Waals surface area contributed by atoms with E-state index in [1.807, 2.05) is 19.1 Å². The molecule has 0 aliphatic rings. The maximum Gasteiger partial charge on any atom is 0.127 e. The first-order valence-corrected chi connectivity index (χ1v) is 8.68. The molecule has 1 aromatic heterocycles. The first-order valence-electron chi connectivity index (χ1n) is 7.46. The predicted molar refractivity (Wildman–Crippen MR) is 96.4 cm³/mol. The van der Waals surface area contributed by atoms with E-state index in [9.17, 15) is 0 Å². The topological polar surface area (TPSA) is 49.2 Å². The Hall–Kier alpha value is -2.47. The molecule has 0 saturated carbocycles. The molecular weight excluding hydrogens is 322 g/mol. The van der Waals surface area contributed by atoms with Gasteiger partial charge in [-0.05, 0) is 25.3 Å². The van der Waals surface area contributed by atoms with Crippen LogP contribution in [-0.2, 0) is 0 Å². The monoisotopic (exact) mass is 341 g/mol. The standard InChI is InChI=1S/C18H19N3O2S/c1-12-17(22-2)9-14(10-18(12)23-3)21-16(11-19-20-21)13-5-7-15(24-4)8-6-13/h5-11H,1-4H3. The van der Waals surface area contributed by atoms with Gasteiger partial charge in [0.2, 0.25) is 0 Å². The average Bonchev–Trinajstić information content (AvgIpc) is 3.11. The first kappa shape index (κ1) is 16.4. The average molecular weight is 341 g/mol. The molecule has 0 aliphatic heterocycles. The van der Waals surface area contributed by atoms with Crippen LogP contribution in [-0.4, -0.2) is 35.5 Å². The molecule has 6 heteroatoms. The minimum Gasteiger partial charge on any atom is -0.496 e. The van der Waals surface area contributed by atoms with Crippen molar-refractivity contribution in [3.05, 3.63) is 48.2 Å². The summed E-state index contributed by atoms with van der Waals surface area (Å²) in [4.78, 5) is 1.22. The number of aromatic nitrogens is 3. The highest BCUT2D eigenvalue weighted by molar-refractivity contribution is 7.98. The summed E-state index contributed by atoms with van der Waals surface area (Å²) in [5.41, 5.74) is 3.76. The molecule has 3 aromatic rings. The zero-order valence-electron chi connectivity index (χ0n) is 14.1. The minimum absolute atomic E-state index is 0.753. The van der Waals surface area contributed by atoms with Gasteiger partial charge >= 0.3 is 0 Å². The molecule has 0 aliphatic carbocycles. The van der Waals surface area contributed by atoms with E-state index >= 15 is 0 Å². The fourth-order valence-corrected chi connectivity index (χ4v) is 2.99. The number of nitrogens with zero attached hydrogens (tertiary/aromatic N) is 3. The second kappa shape index (κ2) is 6.97. The summed E-state index contributed by atoms with van der Waals surface area (Å²) in [7, 11) is 3.30.